The van der Waals surface area contributed by atoms with Crippen LogP contribution in [0.4, 0.5) is 0 Å². The molecule has 0 nitrogen and oxygen atoms in total. The maximum absolute atomic E-state index is 3.69. The molecule has 0 aliphatic heterocycles. The zero-order chi connectivity index (χ0) is 7.14. The molecule has 0 aromatic heterocycles. The van der Waals surface area contributed by atoms with Gasteiger partial charge in [0.15, 0.2) is 0 Å². The van der Waals surface area contributed by atoms with E-state index in [9.17, 15) is 0 Å². The monoisotopic (exact) mass is 264 g/mol. The maximum atomic E-state index is 3.69. The Morgan fingerprint density at radius 3 is 2.80 bits per heavy atom. The number of allylic oxidation sites excluding steroid dienone is 2. The second-order valence-corrected chi connectivity index (χ2v) is 5.23. The molecule has 2 bridgehead atoms. The molecule has 3 aliphatic rings. The van der Waals surface area contributed by atoms with Gasteiger partial charge in [-0.25, -0.2) is 0 Å². The van der Waals surface area contributed by atoms with Crippen LogP contribution in [0.15, 0.2) is 10.6 Å². The van der Waals surface area contributed by atoms with Gasteiger partial charge >= 0.3 is 0 Å². The first-order chi connectivity index (χ1) is 4.77. The smallest absolute Gasteiger partial charge is 0.0486 e. The van der Waals surface area contributed by atoms with Crippen molar-refractivity contribution < 1.29 is 0 Å². The van der Waals surface area contributed by atoms with E-state index in [1.165, 1.54) is 23.7 Å². The van der Waals surface area contributed by atoms with Gasteiger partial charge < -0.3 is 0 Å². The van der Waals surface area contributed by atoms with Gasteiger partial charge in [-0.3, -0.25) is 0 Å². The Bertz CT molecular complexity index is 168. The lowest BCUT2D eigenvalue weighted by atomic mass is 9.74. The minimum absolute atomic E-state index is 0.617. The molecule has 1 unspecified atom stereocenters. The molecule has 1 fully saturated rings. The third kappa shape index (κ3) is 1.10. The highest BCUT2D eigenvalue weighted by Gasteiger charge is 2.36. The molecule has 56 valence electrons. The minimum Gasteiger partial charge on any atom is -0.0830 e. The molecule has 0 radical (unpaired) electrons. The number of hydrogen-bond acceptors (Lipinski definition) is 0. The largest absolute Gasteiger partial charge is 0.0830 e. The third-order valence-electron chi connectivity index (χ3n) is 2.60. The van der Waals surface area contributed by atoms with Gasteiger partial charge in [0.2, 0.25) is 0 Å². The Balaban J connectivity index is 2.16. The Morgan fingerprint density at radius 2 is 2.10 bits per heavy atom. The first-order valence-corrected chi connectivity index (χ1v) is 5.48. The van der Waals surface area contributed by atoms with Crippen LogP contribution in [0.5, 0.6) is 0 Å². The van der Waals surface area contributed by atoms with Gasteiger partial charge in [0.1, 0.15) is 0 Å². The number of halogens is 2. The van der Waals surface area contributed by atoms with E-state index >= 15 is 0 Å². The Morgan fingerprint density at radius 1 is 1.40 bits per heavy atom. The Hall–Kier alpha value is 0.700. The van der Waals surface area contributed by atoms with Crippen molar-refractivity contribution in [1.29, 1.82) is 0 Å². The van der Waals surface area contributed by atoms with Crippen LogP contribution in [0, 0.1) is 11.8 Å². The van der Waals surface area contributed by atoms with Gasteiger partial charge in [-0.1, -0.05) is 37.9 Å². The zero-order valence-electron chi connectivity index (χ0n) is 5.69. The second kappa shape index (κ2) is 2.63. The number of rotatable bonds is 0. The summed E-state index contributed by atoms with van der Waals surface area (Å²) in [6.07, 6.45) is 6.49. The molecule has 2 heteroatoms. The molecule has 0 heterocycles. The van der Waals surface area contributed by atoms with Crippen molar-refractivity contribution in [3.63, 3.8) is 0 Å². The van der Waals surface area contributed by atoms with E-state index in [0.717, 1.165) is 11.8 Å². The lowest BCUT2D eigenvalue weighted by Crippen LogP contribution is -2.27. The van der Waals surface area contributed by atoms with Crippen molar-refractivity contribution in [3.05, 3.63) is 10.6 Å². The van der Waals surface area contributed by atoms with Crippen LogP contribution in [-0.4, -0.2) is 4.83 Å². The van der Waals surface area contributed by atoms with Crippen molar-refractivity contribution in [2.24, 2.45) is 11.8 Å². The van der Waals surface area contributed by atoms with Crippen LogP contribution in [-0.2, 0) is 0 Å². The summed E-state index contributed by atoms with van der Waals surface area (Å²) in [5, 5.41) is 0. The highest BCUT2D eigenvalue weighted by molar-refractivity contribution is 9.14. The second-order valence-electron chi connectivity index (χ2n) is 3.32. The molecule has 1 atom stereocenters. The van der Waals surface area contributed by atoms with Gasteiger partial charge in [-0.2, -0.15) is 0 Å². The fraction of sp³-hybridized carbons (Fsp3) is 0.750. The van der Waals surface area contributed by atoms with E-state index in [0.29, 0.717) is 4.83 Å². The summed E-state index contributed by atoms with van der Waals surface area (Å²) in [5.41, 5.74) is 0. The van der Waals surface area contributed by atoms with Crippen LogP contribution in [0.25, 0.3) is 0 Å². The van der Waals surface area contributed by atoms with E-state index < -0.39 is 0 Å². The average Bonchev–Trinajstić information content (AvgIpc) is 1.98. The predicted molar refractivity (Wildman–Crippen MR) is 50.6 cm³/mol. The van der Waals surface area contributed by atoms with Gasteiger partial charge in [-0.15, -0.1) is 0 Å². The molecule has 0 aromatic carbocycles. The highest BCUT2D eigenvalue weighted by atomic mass is 79.9. The standard InChI is InChI=1S/C8H10Br2/c9-7-2-1-5-3-6(4-5)8(7)10/h2,5-6,8H,1,3-4H2. The summed E-state index contributed by atoms with van der Waals surface area (Å²) in [6, 6.07) is 0. The third-order valence-corrected chi connectivity index (χ3v) is 5.27. The fourth-order valence-electron chi connectivity index (χ4n) is 1.84. The molecule has 3 aliphatic carbocycles. The Kier molecular flexibility index (Phi) is 1.94. The summed E-state index contributed by atoms with van der Waals surface area (Å²) in [7, 11) is 0. The van der Waals surface area contributed by atoms with Gasteiger partial charge in [0.25, 0.3) is 0 Å². The van der Waals surface area contributed by atoms with Gasteiger partial charge in [-0.05, 0) is 31.1 Å². The van der Waals surface area contributed by atoms with Gasteiger partial charge in [0, 0.05) is 9.31 Å². The normalized spacial score (nSPS) is 45.4. The molecule has 0 N–H and O–H groups in total. The Labute approximate surface area is 78.3 Å². The van der Waals surface area contributed by atoms with E-state index in [1.54, 1.807) is 0 Å². The summed E-state index contributed by atoms with van der Waals surface area (Å²) in [6.45, 7) is 0. The maximum Gasteiger partial charge on any atom is 0.0486 e. The van der Waals surface area contributed by atoms with Gasteiger partial charge in [0.05, 0.1) is 0 Å². The zero-order valence-corrected chi connectivity index (χ0v) is 8.86. The van der Waals surface area contributed by atoms with Crippen molar-refractivity contribution in [3.8, 4) is 0 Å². The van der Waals surface area contributed by atoms with E-state index in [-0.39, 0.29) is 0 Å². The molecule has 10 heavy (non-hydrogen) atoms. The van der Waals surface area contributed by atoms with Crippen LogP contribution in [0.2, 0.25) is 0 Å². The van der Waals surface area contributed by atoms with Crippen LogP contribution >= 0.6 is 31.9 Å². The number of hydrogen-bond donors (Lipinski definition) is 0. The summed E-state index contributed by atoms with van der Waals surface area (Å²) in [5.74, 6) is 1.92. The molecule has 0 spiro atoms. The molecule has 3 rings (SSSR count). The summed E-state index contributed by atoms with van der Waals surface area (Å²) in [4.78, 5) is 0.617. The molecular weight excluding hydrogens is 256 g/mol. The van der Waals surface area contributed by atoms with Crippen molar-refractivity contribution >= 4 is 31.9 Å². The fourth-order valence-corrected chi connectivity index (χ4v) is 3.01. The highest BCUT2D eigenvalue weighted by Crippen LogP contribution is 2.47. The molecule has 0 saturated heterocycles. The summed E-state index contributed by atoms with van der Waals surface area (Å²) < 4.78 is 1.37. The molecule has 0 aromatic rings. The van der Waals surface area contributed by atoms with Crippen LogP contribution in [0.3, 0.4) is 0 Å². The van der Waals surface area contributed by atoms with Crippen molar-refractivity contribution in [2.75, 3.05) is 0 Å². The first-order valence-electron chi connectivity index (χ1n) is 3.77. The molecule has 0 amide bonds. The topological polar surface area (TPSA) is 0 Å². The number of alkyl halides is 1. The SMILES string of the molecule is BrC1=CCC2CC(C2)C1Br. The van der Waals surface area contributed by atoms with Crippen LogP contribution < -0.4 is 0 Å². The predicted octanol–water partition coefficient (Wildman–Crippen LogP) is 3.46. The first kappa shape index (κ1) is 7.35. The lowest BCUT2D eigenvalue weighted by Gasteiger charge is -2.35. The van der Waals surface area contributed by atoms with Crippen molar-refractivity contribution in [2.45, 2.75) is 24.1 Å². The number of fused-ring (bicyclic) bond motifs is 2. The minimum atomic E-state index is 0.617. The van der Waals surface area contributed by atoms with E-state index in [1.807, 2.05) is 0 Å². The van der Waals surface area contributed by atoms with E-state index in [4.69, 9.17) is 0 Å². The van der Waals surface area contributed by atoms with Crippen molar-refractivity contribution in [1.82, 2.24) is 0 Å². The quantitative estimate of drug-likeness (QED) is 0.589. The van der Waals surface area contributed by atoms with E-state index in [2.05, 4.69) is 37.9 Å². The molecular formula is C8H10Br2. The summed E-state index contributed by atoms with van der Waals surface area (Å²) >= 11 is 7.28. The molecule has 1 saturated carbocycles. The van der Waals surface area contributed by atoms with Crippen LogP contribution in [0.1, 0.15) is 19.3 Å². The lowest BCUT2D eigenvalue weighted by molar-refractivity contribution is 0.212. The average molecular weight is 266 g/mol.